The minimum Gasteiger partial charge on any atom is -0.403 e. The van der Waals surface area contributed by atoms with Crippen LogP contribution in [0.4, 0.5) is 0 Å². The molecule has 0 spiro atoms. The zero-order valence-electron chi connectivity index (χ0n) is 12.4. The summed E-state index contributed by atoms with van der Waals surface area (Å²) >= 11 is 0. The molecule has 0 aromatic carbocycles. The van der Waals surface area contributed by atoms with Crippen LogP contribution in [0.15, 0.2) is 18.3 Å². The van der Waals surface area contributed by atoms with E-state index >= 15 is 0 Å². The molecule has 2 atom stereocenters. The smallest absolute Gasteiger partial charge is 0.403 e. The van der Waals surface area contributed by atoms with Crippen LogP contribution in [0, 0.1) is 6.92 Å². The van der Waals surface area contributed by atoms with Crippen molar-refractivity contribution >= 4 is 7.12 Å². The minimum atomic E-state index is -0.231. The fourth-order valence-corrected chi connectivity index (χ4v) is 2.62. The van der Waals surface area contributed by atoms with Crippen LogP contribution in [0.2, 0.25) is 5.82 Å². The van der Waals surface area contributed by atoms with Gasteiger partial charge in [-0.05, 0) is 52.7 Å². The molecule has 3 nitrogen and oxygen atoms in total. The van der Waals surface area contributed by atoms with Crippen LogP contribution < -0.4 is 0 Å². The van der Waals surface area contributed by atoms with Crippen molar-refractivity contribution < 1.29 is 9.31 Å². The number of hydrogen-bond acceptors (Lipinski definition) is 3. The van der Waals surface area contributed by atoms with Crippen molar-refractivity contribution in [3.05, 3.63) is 29.6 Å². The standard InChI is InChI=1S/C15H22BNO2/c1-10-6-7-13(17-9-10)11-8-12(11)16-18-14(2,3)15(4,5)19-16/h6-7,9,11-12H,8H2,1-5H3/t11-,12+/m1/s1. The Morgan fingerprint density at radius 3 is 2.32 bits per heavy atom. The molecule has 0 unspecified atom stereocenters. The van der Waals surface area contributed by atoms with Gasteiger partial charge in [0.1, 0.15) is 0 Å². The van der Waals surface area contributed by atoms with E-state index in [2.05, 4.69) is 51.7 Å². The Balaban J connectivity index is 1.70. The molecule has 102 valence electrons. The highest BCUT2D eigenvalue weighted by molar-refractivity contribution is 6.49. The summed E-state index contributed by atoms with van der Waals surface area (Å²) in [6.07, 6.45) is 3.06. The third-order valence-corrected chi connectivity index (χ3v) is 4.77. The van der Waals surface area contributed by atoms with Crippen LogP contribution in [0.3, 0.4) is 0 Å². The second-order valence-electron chi connectivity index (χ2n) is 6.89. The third-order valence-electron chi connectivity index (χ3n) is 4.77. The van der Waals surface area contributed by atoms with E-state index in [0.29, 0.717) is 11.7 Å². The number of aryl methyl sites for hydroxylation is 1. The highest BCUT2D eigenvalue weighted by atomic mass is 16.7. The Hall–Kier alpha value is -0.865. The average Bonchev–Trinajstić information content (AvgIpc) is 3.04. The number of aromatic nitrogens is 1. The first-order valence-electron chi connectivity index (χ1n) is 7.08. The van der Waals surface area contributed by atoms with Gasteiger partial charge in [0.2, 0.25) is 0 Å². The molecule has 3 rings (SSSR count). The van der Waals surface area contributed by atoms with Crippen molar-refractivity contribution in [2.45, 2.75) is 64.0 Å². The van der Waals surface area contributed by atoms with Gasteiger partial charge in [-0.1, -0.05) is 6.07 Å². The molecule has 4 heteroatoms. The summed E-state index contributed by atoms with van der Waals surface area (Å²) in [5.41, 5.74) is 1.92. The maximum absolute atomic E-state index is 6.11. The molecular weight excluding hydrogens is 237 g/mol. The van der Waals surface area contributed by atoms with Crippen LogP contribution in [-0.2, 0) is 9.31 Å². The van der Waals surface area contributed by atoms with E-state index in [1.807, 2.05) is 6.20 Å². The molecule has 1 aliphatic heterocycles. The van der Waals surface area contributed by atoms with Crippen molar-refractivity contribution in [2.24, 2.45) is 0 Å². The molecule has 1 aromatic heterocycles. The Kier molecular flexibility index (Phi) is 2.81. The van der Waals surface area contributed by atoms with Crippen molar-refractivity contribution in [3.63, 3.8) is 0 Å². The molecule has 0 N–H and O–H groups in total. The lowest BCUT2D eigenvalue weighted by Gasteiger charge is -2.32. The van der Waals surface area contributed by atoms with E-state index in [0.717, 1.165) is 6.42 Å². The van der Waals surface area contributed by atoms with Crippen molar-refractivity contribution in [3.8, 4) is 0 Å². The number of rotatable bonds is 2. The van der Waals surface area contributed by atoms with Crippen LogP contribution in [0.25, 0.3) is 0 Å². The molecule has 19 heavy (non-hydrogen) atoms. The van der Waals surface area contributed by atoms with Crippen LogP contribution in [-0.4, -0.2) is 23.3 Å². The lowest BCUT2D eigenvalue weighted by Crippen LogP contribution is -2.41. The molecule has 0 amide bonds. The SMILES string of the molecule is Cc1ccc([C@@H]2C[C@@H]2B2OC(C)(C)C(C)(C)O2)nc1. The normalized spacial score (nSPS) is 31.5. The largest absolute Gasteiger partial charge is 0.461 e. The topological polar surface area (TPSA) is 31.4 Å². The first-order chi connectivity index (χ1) is 8.80. The molecule has 1 saturated carbocycles. The number of nitrogens with zero attached hydrogens (tertiary/aromatic N) is 1. The number of pyridine rings is 1. The van der Waals surface area contributed by atoms with Gasteiger partial charge in [0.15, 0.2) is 0 Å². The van der Waals surface area contributed by atoms with E-state index in [1.54, 1.807) is 0 Å². The minimum absolute atomic E-state index is 0.0851. The van der Waals surface area contributed by atoms with Crippen molar-refractivity contribution in [1.82, 2.24) is 4.98 Å². The van der Waals surface area contributed by atoms with Gasteiger partial charge < -0.3 is 9.31 Å². The van der Waals surface area contributed by atoms with Gasteiger partial charge in [-0.15, -0.1) is 0 Å². The summed E-state index contributed by atoms with van der Waals surface area (Å²) in [6.45, 7) is 10.5. The average molecular weight is 259 g/mol. The molecule has 1 aromatic rings. The van der Waals surface area contributed by atoms with Crippen LogP contribution in [0.5, 0.6) is 0 Å². The van der Waals surface area contributed by atoms with Gasteiger partial charge in [-0.2, -0.15) is 0 Å². The summed E-state index contributed by atoms with van der Waals surface area (Å²) < 4.78 is 12.2. The predicted octanol–water partition coefficient (Wildman–Crippen LogP) is 3.34. The zero-order valence-corrected chi connectivity index (χ0v) is 12.4. The van der Waals surface area contributed by atoms with E-state index in [1.165, 1.54) is 11.3 Å². The van der Waals surface area contributed by atoms with E-state index in [-0.39, 0.29) is 18.3 Å². The van der Waals surface area contributed by atoms with Crippen LogP contribution >= 0.6 is 0 Å². The molecule has 1 aliphatic carbocycles. The van der Waals surface area contributed by atoms with Gasteiger partial charge in [-0.25, -0.2) is 0 Å². The first-order valence-corrected chi connectivity index (χ1v) is 7.08. The van der Waals surface area contributed by atoms with Crippen LogP contribution in [0.1, 0.15) is 51.3 Å². The van der Waals surface area contributed by atoms with Gasteiger partial charge in [-0.3, -0.25) is 4.98 Å². The summed E-state index contributed by atoms with van der Waals surface area (Å²) in [5.74, 6) is 0.951. The molecule has 0 radical (unpaired) electrons. The van der Waals surface area contributed by atoms with Gasteiger partial charge >= 0.3 is 7.12 Å². The van der Waals surface area contributed by atoms with E-state index in [9.17, 15) is 0 Å². The maximum Gasteiger partial charge on any atom is 0.461 e. The lowest BCUT2D eigenvalue weighted by molar-refractivity contribution is 0.00578. The van der Waals surface area contributed by atoms with E-state index in [4.69, 9.17) is 9.31 Å². The number of hydrogen-bond donors (Lipinski definition) is 0. The quantitative estimate of drug-likeness (QED) is 0.763. The summed E-state index contributed by atoms with van der Waals surface area (Å²) in [7, 11) is -0.0851. The Bertz CT molecular complexity index is 467. The summed E-state index contributed by atoms with van der Waals surface area (Å²) in [6, 6.07) is 4.26. The van der Waals surface area contributed by atoms with Crippen molar-refractivity contribution in [2.75, 3.05) is 0 Å². The Labute approximate surface area is 115 Å². The molecule has 2 fully saturated rings. The molecule has 2 aliphatic rings. The maximum atomic E-state index is 6.11. The second kappa shape index (κ2) is 4.06. The molecule has 1 saturated heterocycles. The second-order valence-corrected chi connectivity index (χ2v) is 6.89. The fourth-order valence-electron chi connectivity index (χ4n) is 2.62. The Morgan fingerprint density at radius 2 is 1.79 bits per heavy atom. The first kappa shape index (κ1) is 13.1. The molecular formula is C15H22BNO2. The molecule has 0 bridgehead atoms. The van der Waals surface area contributed by atoms with Gasteiger partial charge in [0, 0.05) is 23.6 Å². The third kappa shape index (κ3) is 2.21. The highest BCUT2D eigenvalue weighted by Gasteiger charge is 2.60. The Morgan fingerprint density at radius 1 is 1.16 bits per heavy atom. The van der Waals surface area contributed by atoms with Gasteiger partial charge in [0.05, 0.1) is 11.2 Å². The predicted molar refractivity (Wildman–Crippen MR) is 76.2 cm³/mol. The summed E-state index contributed by atoms with van der Waals surface area (Å²) in [5, 5.41) is 0. The van der Waals surface area contributed by atoms with Crippen molar-refractivity contribution in [1.29, 1.82) is 0 Å². The van der Waals surface area contributed by atoms with E-state index < -0.39 is 0 Å². The highest BCUT2D eigenvalue weighted by Crippen LogP contribution is 2.57. The molecule has 2 heterocycles. The monoisotopic (exact) mass is 259 g/mol. The van der Waals surface area contributed by atoms with Gasteiger partial charge in [0.25, 0.3) is 0 Å². The lowest BCUT2D eigenvalue weighted by atomic mass is 9.80. The summed E-state index contributed by atoms with van der Waals surface area (Å²) in [4.78, 5) is 4.52. The zero-order chi connectivity index (χ0) is 13.8. The fraction of sp³-hybridized carbons (Fsp3) is 0.667.